The van der Waals surface area contributed by atoms with Crippen LogP contribution in [0.15, 0.2) is 34.6 Å². The highest BCUT2D eigenvalue weighted by molar-refractivity contribution is 7.80. The van der Waals surface area contributed by atoms with Gasteiger partial charge in [-0.3, -0.25) is 0 Å². The van der Waals surface area contributed by atoms with E-state index in [9.17, 15) is 0 Å². The summed E-state index contributed by atoms with van der Waals surface area (Å²) < 4.78 is 0. The molecule has 0 saturated heterocycles. The molecule has 0 spiro atoms. The van der Waals surface area contributed by atoms with Gasteiger partial charge in [-0.05, 0) is 12.1 Å². The lowest BCUT2D eigenvalue weighted by Gasteiger charge is -2.06. The first kappa shape index (κ1) is 11.5. The van der Waals surface area contributed by atoms with Crippen molar-refractivity contribution in [3.63, 3.8) is 0 Å². The number of rotatable bonds is 2. The summed E-state index contributed by atoms with van der Waals surface area (Å²) in [5.41, 5.74) is 0.718. The van der Waals surface area contributed by atoms with Gasteiger partial charge in [0.1, 0.15) is 0 Å². The number of para-hydroxylation sites is 1. The third-order valence-corrected chi connectivity index (χ3v) is 2.46. The van der Waals surface area contributed by atoms with Crippen molar-refractivity contribution in [3.05, 3.63) is 29.3 Å². The van der Waals surface area contributed by atoms with Crippen LogP contribution >= 0.6 is 36.9 Å². The van der Waals surface area contributed by atoms with Crippen LogP contribution in [0.3, 0.4) is 0 Å². The molecule has 1 aromatic heterocycles. The summed E-state index contributed by atoms with van der Waals surface area (Å²) in [6.07, 6.45) is 0. The molecule has 0 saturated carbocycles. The molecule has 0 amide bonds. The lowest BCUT2D eigenvalue weighted by molar-refractivity contribution is 0.817. The topological polar surface area (TPSA) is 50.7 Å². The smallest absolute Gasteiger partial charge is 0.232 e. The number of thiol groups is 2. The van der Waals surface area contributed by atoms with Gasteiger partial charge in [0.25, 0.3) is 0 Å². The summed E-state index contributed by atoms with van der Waals surface area (Å²) in [6.45, 7) is 0. The van der Waals surface area contributed by atoms with E-state index >= 15 is 0 Å². The number of halogens is 1. The zero-order chi connectivity index (χ0) is 11.5. The number of nitrogens with zero attached hydrogens (tertiary/aromatic N) is 3. The highest BCUT2D eigenvalue weighted by Crippen LogP contribution is 2.23. The lowest BCUT2D eigenvalue weighted by atomic mass is 10.3. The molecule has 0 bridgehead atoms. The van der Waals surface area contributed by atoms with Crippen molar-refractivity contribution in [1.29, 1.82) is 0 Å². The zero-order valence-corrected chi connectivity index (χ0v) is 10.5. The Morgan fingerprint density at radius 1 is 1.00 bits per heavy atom. The summed E-state index contributed by atoms with van der Waals surface area (Å²) in [4.78, 5) is 11.8. The Morgan fingerprint density at radius 3 is 2.25 bits per heavy atom. The zero-order valence-electron chi connectivity index (χ0n) is 7.92. The number of nitrogens with one attached hydrogen (secondary N) is 1. The van der Waals surface area contributed by atoms with E-state index in [1.165, 1.54) is 0 Å². The van der Waals surface area contributed by atoms with Crippen LogP contribution in [-0.2, 0) is 0 Å². The van der Waals surface area contributed by atoms with E-state index < -0.39 is 0 Å². The van der Waals surface area contributed by atoms with E-state index in [1.807, 2.05) is 18.2 Å². The fourth-order valence-corrected chi connectivity index (χ4v) is 1.73. The second-order valence-corrected chi connectivity index (χ2v) is 4.07. The third-order valence-electron chi connectivity index (χ3n) is 1.73. The van der Waals surface area contributed by atoms with Crippen LogP contribution in [0.4, 0.5) is 11.6 Å². The normalized spacial score (nSPS) is 10.2. The number of hydrogen-bond donors (Lipinski definition) is 3. The average Bonchev–Trinajstić information content (AvgIpc) is 2.20. The standard InChI is InChI=1S/C9H7ClN4S2/c10-5-3-1-2-4-6(5)11-7-12-8(15)14-9(16)13-7/h1-4H,(H3,11,12,13,14,15,16). The first-order valence-corrected chi connectivity index (χ1v) is 5.58. The lowest BCUT2D eigenvalue weighted by Crippen LogP contribution is -2.00. The van der Waals surface area contributed by atoms with Gasteiger partial charge in [-0.2, -0.15) is 15.0 Å². The van der Waals surface area contributed by atoms with Gasteiger partial charge in [-0.1, -0.05) is 23.7 Å². The maximum Gasteiger partial charge on any atom is 0.232 e. The van der Waals surface area contributed by atoms with Gasteiger partial charge in [0.15, 0.2) is 10.3 Å². The molecule has 1 heterocycles. The molecule has 0 radical (unpaired) electrons. The Balaban J connectivity index is 2.30. The second kappa shape index (κ2) is 4.90. The average molecular weight is 271 g/mol. The van der Waals surface area contributed by atoms with Crippen molar-refractivity contribution in [3.8, 4) is 0 Å². The molecule has 0 aliphatic heterocycles. The fourth-order valence-electron chi connectivity index (χ4n) is 1.09. The van der Waals surface area contributed by atoms with Crippen molar-refractivity contribution in [2.24, 2.45) is 0 Å². The molecule has 1 aromatic carbocycles. The van der Waals surface area contributed by atoms with Gasteiger partial charge >= 0.3 is 0 Å². The van der Waals surface area contributed by atoms with Gasteiger partial charge in [0, 0.05) is 0 Å². The van der Waals surface area contributed by atoms with Gasteiger partial charge in [0.2, 0.25) is 5.95 Å². The number of hydrogen-bond acceptors (Lipinski definition) is 6. The molecule has 2 aromatic rings. The molecule has 7 heteroatoms. The number of benzene rings is 1. The predicted molar refractivity (Wildman–Crippen MR) is 69.1 cm³/mol. The van der Waals surface area contributed by atoms with Gasteiger partial charge < -0.3 is 5.32 Å². The summed E-state index contributed by atoms with van der Waals surface area (Å²) in [5.74, 6) is 0.359. The van der Waals surface area contributed by atoms with Crippen LogP contribution in [0.25, 0.3) is 0 Å². The maximum absolute atomic E-state index is 5.98. The van der Waals surface area contributed by atoms with E-state index in [-0.39, 0.29) is 0 Å². The van der Waals surface area contributed by atoms with E-state index in [0.717, 1.165) is 5.69 Å². The molecular formula is C9H7ClN4S2. The molecular weight excluding hydrogens is 264 g/mol. The summed E-state index contributed by atoms with van der Waals surface area (Å²) in [6, 6.07) is 7.30. The van der Waals surface area contributed by atoms with Crippen molar-refractivity contribution in [1.82, 2.24) is 15.0 Å². The molecule has 0 aliphatic carbocycles. The Bertz CT molecular complexity index is 500. The van der Waals surface area contributed by atoms with Crippen LogP contribution in [0.1, 0.15) is 0 Å². The van der Waals surface area contributed by atoms with Crippen LogP contribution < -0.4 is 5.32 Å². The maximum atomic E-state index is 5.98. The van der Waals surface area contributed by atoms with Crippen molar-refractivity contribution in [2.75, 3.05) is 5.32 Å². The molecule has 0 unspecified atom stereocenters. The first-order chi connectivity index (χ1) is 7.65. The Morgan fingerprint density at radius 2 is 1.62 bits per heavy atom. The molecule has 16 heavy (non-hydrogen) atoms. The molecule has 82 valence electrons. The SMILES string of the molecule is Sc1nc(S)nc(Nc2ccccc2Cl)n1. The van der Waals surface area contributed by atoms with E-state index in [4.69, 9.17) is 11.6 Å². The van der Waals surface area contributed by atoms with Crippen LogP contribution in [0.5, 0.6) is 0 Å². The van der Waals surface area contributed by atoms with Gasteiger partial charge in [-0.25, -0.2) is 0 Å². The van der Waals surface area contributed by atoms with Crippen LogP contribution in [-0.4, -0.2) is 15.0 Å². The van der Waals surface area contributed by atoms with E-state index in [1.54, 1.807) is 6.07 Å². The van der Waals surface area contributed by atoms with Gasteiger partial charge in [-0.15, -0.1) is 25.3 Å². The quantitative estimate of drug-likeness (QED) is 0.735. The highest BCUT2D eigenvalue weighted by Gasteiger charge is 2.04. The molecule has 2 rings (SSSR count). The molecule has 0 fully saturated rings. The molecule has 1 N–H and O–H groups in total. The Kier molecular flexibility index (Phi) is 3.52. The molecule has 0 aliphatic rings. The Hall–Kier alpha value is -0.980. The van der Waals surface area contributed by atoms with Crippen LogP contribution in [0, 0.1) is 0 Å². The minimum Gasteiger partial charge on any atom is -0.323 e. The number of anilines is 2. The monoisotopic (exact) mass is 270 g/mol. The van der Waals surface area contributed by atoms with Crippen molar-refractivity contribution in [2.45, 2.75) is 10.3 Å². The van der Waals surface area contributed by atoms with Crippen LogP contribution in [0.2, 0.25) is 5.02 Å². The summed E-state index contributed by atoms with van der Waals surface area (Å²) in [5, 5.41) is 4.15. The second-order valence-electron chi connectivity index (χ2n) is 2.86. The minimum atomic E-state index is 0.301. The summed E-state index contributed by atoms with van der Waals surface area (Å²) in [7, 11) is 0. The fraction of sp³-hybridized carbons (Fsp3) is 0. The van der Waals surface area contributed by atoms with Crippen molar-refractivity contribution >= 4 is 48.5 Å². The minimum absolute atomic E-state index is 0.301. The van der Waals surface area contributed by atoms with E-state index in [2.05, 4.69) is 45.5 Å². The number of aromatic nitrogens is 3. The Labute approximate surface area is 108 Å². The molecule has 4 nitrogen and oxygen atoms in total. The predicted octanol–water partition coefficient (Wildman–Crippen LogP) is 2.85. The summed E-state index contributed by atoms with van der Waals surface area (Å²) >= 11 is 14.0. The van der Waals surface area contributed by atoms with Gasteiger partial charge in [0.05, 0.1) is 10.7 Å². The molecule has 0 atom stereocenters. The van der Waals surface area contributed by atoms with E-state index in [0.29, 0.717) is 21.3 Å². The first-order valence-electron chi connectivity index (χ1n) is 4.31. The largest absolute Gasteiger partial charge is 0.323 e. The highest BCUT2D eigenvalue weighted by atomic mass is 35.5. The third kappa shape index (κ3) is 2.78. The van der Waals surface area contributed by atoms with Crippen molar-refractivity contribution < 1.29 is 0 Å².